The van der Waals surface area contributed by atoms with E-state index in [1.807, 2.05) is 0 Å². The molecule has 0 unspecified atom stereocenters. The molecule has 0 radical (unpaired) electrons. The number of methoxy groups -OCH3 is 1. The van der Waals surface area contributed by atoms with Crippen molar-refractivity contribution in [2.24, 2.45) is 0 Å². The fourth-order valence-corrected chi connectivity index (χ4v) is 4.22. The van der Waals surface area contributed by atoms with Gasteiger partial charge in [0.1, 0.15) is 12.3 Å². The first-order chi connectivity index (χ1) is 17.1. The zero-order valence-electron chi connectivity index (χ0n) is 18.9. The molecule has 3 aromatic carbocycles. The summed E-state index contributed by atoms with van der Waals surface area (Å²) in [7, 11) is -2.92. The van der Waals surface area contributed by atoms with E-state index in [-0.39, 0.29) is 10.6 Å². The van der Waals surface area contributed by atoms with Gasteiger partial charge in [0.05, 0.1) is 28.8 Å². The van der Waals surface area contributed by atoms with Gasteiger partial charge in [-0.05, 0) is 72.8 Å². The van der Waals surface area contributed by atoms with E-state index in [0.29, 0.717) is 27.9 Å². The maximum Gasteiger partial charge on any atom is 0.416 e. The third-order valence-corrected chi connectivity index (χ3v) is 6.44. The van der Waals surface area contributed by atoms with Gasteiger partial charge in [-0.1, -0.05) is 0 Å². The summed E-state index contributed by atoms with van der Waals surface area (Å²) < 4.78 is 105. The number of rotatable bonds is 6. The number of carboxylic acid groups (broad SMARTS) is 1. The molecule has 0 atom stereocenters. The molecule has 0 fully saturated rings. The number of alkyl halides is 6. The molecule has 3 N–H and O–H groups in total. The number of nitrogens with two attached hydrogens (primary N) is 1. The SMILES string of the molecule is COc1ccc(S(=O)(=O)N(CC(=O)O)c2ccc(C(F)(F)F)cc2)cc1.Nc1ccc(C(F)(F)F)cc1. The van der Waals surface area contributed by atoms with E-state index in [1.54, 1.807) is 0 Å². The number of nitrogen functional groups attached to an aromatic ring is 1. The van der Waals surface area contributed by atoms with E-state index in [9.17, 15) is 39.6 Å². The summed E-state index contributed by atoms with van der Waals surface area (Å²) in [5, 5.41) is 9.02. The lowest BCUT2D eigenvalue weighted by Gasteiger charge is -2.23. The summed E-state index contributed by atoms with van der Waals surface area (Å²) in [6.45, 7) is -0.945. The van der Waals surface area contributed by atoms with Crippen LogP contribution in [0.5, 0.6) is 5.75 Å². The second kappa shape index (κ2) is 11.4. The van der Waals surface area contributed by atoms with Crippen LogP contribution in [0.25, 0.3) is 0 Å². The van der Waals surface area contributed by atoms with Gasteiger partial charge >= 0.3 is 18.3 Å². The maximum atomic E-state index is 12.7. The van der Waals surface area contributed by atoms with Gasteiger partial charge in [-0.2, -0.15) is 26.3 Å². The van der Waals surface area contributed by atoms with E-state index < -0.39 is 46.0 Å². The van der Waals surface area contributed by atoms with Crippen LogP contribution in [0.4, 0.5) is 37.7 Å². The topological polar surface area (TPSA) is 110 Å². The monoisotopic (exact) mass is 550 g/mol. The fourth-order valence-electron chi connectivity index (χ4n) is 2.80. The zero-order chi connectivity index (χ0) is 28.0. The number of ether oxygens (including phenoxy) is 1. The van der Waals surface area contributed by atoms with Gasteiger partial charge in [-0.15, -0.1) is 0 Å². The molecule has 14 heteroatoms. The predicted molar refractivity (Wildman–Crippen MR) is 122 cm³/mol. The molecule has 0 saturated heterocycles. The average Bonchev–Trinajstić information content (AvgIpc) is 2.82. The van der Waals surface area contributed by atoms with Gasteiger partial charge in [-0.25, -0.2) is 8.42 Å². The molecule has 200 valence electrons. The van der Waals surface area contributed by atoms with Crippen LogP contribution < -0.4 is 14.8 Å². The fraction of sp³-hybridized carbons (Fsp3) is 0.174. The smallest absolute Gasteiger partial charge is 0.416 e. The molecule has 37 heavy (non-hydrogen) atoms. The second-order valence-electron chi connectivity index (χ2n) is 7.25. The molecular weight excluding hydrogens is 530 g/mol. The molecule has 0 bridgehead atoms. The number of hydrogen-bond donors (Lipinski definition) is 2. The van der Waals surface area contributed by atoms with Crippen LogP contribution in [0, 0.1) is 0 Å². The van der Waals surface area contributed by atoms with Crippen LogP contribution in [0.15, 0.2) is 77.7 Å². The minimum absolute atomic E-state index is 0.198. The van der Waals surface area contributed by atoms with E-state index >= 15 is 0 Å². The Morgan fingerprint density at radius 2 is 1.27 bits per heavy atom. The molecule has 0 saturated carbocycles. The van der Waals surface area contributed by atoms with Gasteiger partial charge in [-0.3, -0.25) is 9.10 Å². The number of carbonyl (C=O) groups is 1. The Morgan fingerprint density at radius 1 is 0.838 bits per heavy atom. The van der Waals surface area contributed by atoms with Crippen molar-refractivity contribution in [2.75, 3.05) is 23.7 Å². The number of hydrogen-bond acceptors (Lipinski definition) is 5. The van der Waals surface area contributed by atoms with E-state index in [0.717, 1.165) is 24.3 Å². The Kier molecular flexibility index (Phi) is 9.03. The number of nitrogens with zero attached hydrogens (tertiary/aromatic N) is 1. The van der Waals surface area contributed by atoms with Crippen molar-refractivity contribution in [1.82, 2.24) is 0 Å². The number of halogens is 6. The summed E-state index contributed by atoms with van der Waals surface area (Å²) in [6.07, 6.45) is -8.86. The van der Waals surface area contributed by atoms with Gasteiger partial charge in [0.25, 0.3) is 10.0 Å². The summed E-state index contributed by atoms with van der Waals surface area (Å²) in [5.41, 5.74) is 3.69. The van der Waals surface area contributed by atoms with Crippen molar-refractivity contribution < 1.29 is 49.4 Å². The first kappa shape index (κ1) is 29.3. The molecule has 0 amide bonds. The molecule has 3 aromatic rings. The van der Waals surface area contributed by atoms with Crippen LogP contribution in [-0.4, -0.2) is 33.1 Å². The molecule has 0 aliphatic heterocycles. The van der Waals surface area contributed by atoms with E-state index in [4.69, 9.17) is 15.6 Å². The van der Waals surface area contributed by atoms with Crippen molar-refractivity contribution >= 4 is 27.4 Å². The molecule has 0 aromatic heterocycles. The van der Waals surface area contributed by atoms with Crippen molar-refractivity contribution in [3.05, 3.63) is 83.9 Å². The Morgan fingerprint density at radius 3 is 1.65 bits per heavy atom. The molecule has 7 nitrogen and oxygen atoms in total. The summed E-state index contributed by atoms with van der Waals surface area (Å²) in [6, 6.07) is 12.7. The summed E-state index contributed by atoms with van der Waals surface area (Å²) in [4.78, 5) is 10.9. The first-order valence-corrected chi connectivity index (χ1v) is 11.5. The highest BCUT2D eigenvalue weighted by molar-refractivity contribution is 7.92. The number of benzene rings is 3. The van der Waals surface area contributed by atoms with Crippen molar-refractivity contribution in [3.8, 4) is 5.75 Å². The highest BCUT2D eigenvalue weighted by Gasteiger charge is 2.32. The Balaban J connectivity index is 0.000000364. The number of aliphatic carboxylic acids is 1. The average molecular weight is 550 g/mol. The van der Waals surface area contributed by atoms with Crippen LogP contribution in [0.2, 0.25) is 0 Å². The zero-order valence-corrected chi connectivity index (χ0v) is 19.7. The summed E-state index contributed by atoms with van der Waals surface area (Å²) in [5.74, 6) is -1.06. The molecular formula is C23H20F6N2O5S. The predicted octanol–water partition coefficient (Wildman–Crippen LogP) is 5.28. The molecule has 0 heterocycles. The summed E-state index contributed by atoms with van der Waals surface area (Å²) >= 11 is 0. The van der Waals surface area contributed by atoms with E-state index in [1.165, 1.54) is 43.5 Å². The number of carboxylic acids is 1. The van der Waals surface area contributed by atoms with Crippen molar-refractivity contribution in [2.45, 2.75) is 17.2 Å². The van der Waals surface area contributed by atoms with E-state index in [2.05, 4.69) is 0 Å². The Bertz CT molecular complexity index is 1290. The lowest BCUT2D eigenvalue weighted by Crippen LogP contribution is -2.35. The van der Waals surface area contributed by atoms with Gasteiger partial charge in [0, 0.05) is 5.69 Å². The first-order valence-electron chi connectivity index (χ1n) is 10.0. The quantitative estimate of drug-likeness (QED) is 0.319. The second-order valence-corrected chi connectivity index (χ2v) is 9.11. The maximum absolute atomic E-state index is 12.7. The normalized spacial score (nSPS) is 11.8. The number of anilines is 2. The molecule has 3 rings (SSSR count). The van der Waals surface area contributed by atoms with Crippen LogP contribution in [0.3, 0.4) is 0 Å². The van der Waals surface area contributed by atoms with Crippen molar-refractivity contribution in [3.63, 3.8) is 0 Å². The lowest BCUT2D eigenvalue weighted by molar-refractivity contribution is -0.138. The van der Waals surface area contributed by atoms with Crippen LogP contribution >= 0.6 is 0 Å². The minimum Gasteiger partial charge on any atom is -0.497 e. The Labute approximate surface area is 207 Å². The lowest BCUT2D eigenvalue weighted by atomic mass is 10.2. The Hall–Kier alpha value is -3.94. The minimum atomic E-state index is -4.59. The van der Waals surface area contributed by atoms with Crippen LogP contribution in [-0.2, 0) is 27.2 Å². The molecule has 0 aliphatic rings. The number of sulfonamides is 1. The molecule has 0 spiro atoms. The third kappa shape index (κ3) is 8.03. The highest BCUT2D eigenvalue weighted by Crippen LogP contribution is 2.32. The van der Waals surface area contributed by atoms with Gasteiger partial charge < -0.3 is 15.6 Å². The van der Waals surface area contributed by atoms with Gasteiger partial charge in [0.15, 0.2) is 0 Å². The van der Waals surface area contributed by atoms with Crippen LogP contribution in [0.1, 0.15) is 11.1 Å². The largest absolute Gasteiger partial charge is 0.497 e. The van der Waals surface area contributed by atoms with Crippen molar-refractivity contribution in [1.29, 1.82) is 0 Å². The van der Waals surface area contributed by atoms with Gasteiger partial charge in [0.2, 0.25) is 0 Å². The molecule has 0 aliphatic carbocycles. The third-order valence-electron chi connectivity index (χ3n) is 4.65. The highest BCUT2D eigenvalue weighted by atomic mass is 32.2. The standard InChI is InChI=1S/C16H14F3NO5S.C7H6F3N/c1-25-13-6-8-14(9-7-13)26(23,24)20(10-15(21)22)12-4-2-11(3-5-12)16(17,18)19;8-7(9,10)5-1-3-6(11)4-2-5/h2-9H,10H2,1H3,(H,21,22);1-4H,11H2.